The summed E-state index contributed by atoms with van der Waals surface area (Å²) in [6.07, 6.45) is 0. The second kappa shape index (κ2) is 9.12. The lowest BCUT2D eigenvalue weighted by molar-refractivity contribution is -0.138. The molecule has 0 aliphatic heterocycles. The minimum absolute atomic E-state index is 0.0196. The molecule has 1 unspecified atom stereocenters. The van der Waals surface area contributed by atoms with Crippen LogP contribution < -0.4 is 5.32 Å². The van der Waals surface area contributed by atoms with E-state index in [2.05, 4.69) is 21.2 Å². The maximum Gasteiger partial charge on any atom is 0.310 e. The van der Waals surface area contributed by atoms with Crippen molar-refractivity contribution in [1.29, 1.82) is 0 Å². The van der Waals surface area contributed by atoms with Crippen LogP contribution in [0.3, 0.4) is 0 Å². The third-order valence-corrected chi connectivity index (χ3v) is 5.29. The molecule has 2 N–H and O–H groups in total. The molecule has 130 valence electrons. The summed E-state index contributed by atoms with van der Waals surface area (Å²) < 4.78 is 1.34. The molecule has 25 heavy (non-hydrogen) atoms. The number of aliphatic carboxylic acids is 1. The number of hydrogen-bond donors (Lipinski definition) is 2. The third kappa shape index (κ3) is 5.66. The number of ketones is 1. The predicted molar refractivity (Wildman–Crippen MR) is 110 cm³/mol. The van der Waals surface area contributed by atoms with Crippen molar-refractivity contribution in [2.75, 3.05) is 11.1 Å². The highest BCUT2D eigenvalue weighted by atomic mass is 79.9. The van der Waals surface area contributed by atoms with Crippen LogP contribution in [0.5, 0.6) is 0 Å². The molecule has 2 rings (SSSR count). The molecule has 0 aromatic heterocycles. The molecule has 0 bridgehead atoms. The van der Waals surface area contributed by atoms with Crippen molar-refractivity contribution in [1.82, 2.24) is 0 Å². The molecular formula is C18H16BrNO3S2. The van der Waals surface area contributed by atoms with Gasteiger partial charge in [-0.1, -0.05) is 70.2 Å². The number of hydrogen-bond acceptors (Lipinski definition) is 4. The Hall–Kier alpha value is -1.70. The largest absolute Gasteiger partial charge is 0.481 e. The van der Waals surface area contributed by atoms with E-state index in [0.29, 0.717) is 21.1 Å². The number of carboxylic acids is 1. The Morgan fingerprint density at radius 2 is 1.84 bits per heavy atom. The Bertz CT molecular complexity index is 793. The van der Waals surface area contributed by atoms with E-state index in [4.69, 9.17) is 12.2 Å². The first-order valence-corrected chi connectivity index (χ1v) is 9.61. The van der Waals surface area contributed by atoms with E-state index in [9.17, 15) is 14.7 Å². The second-order valence-electron chi connectivity index (χ2n) is 5.28. The molecule has 1 atom stereocenters. The number of anilines is 1. The highest BCUT2D eigenvalue weighted by Crippen LogP contribution is 2.26. The van der Waals surface area contributed by atoms with Gasteiger partial charge in [-0.2, -0.15) is 0 Å². The van der Waals surface area contributed by atoms with Crippen LogP contribution in [0.15, 0.2) is 53.0 Å². The average molecular weight is 438 g/mol. The fourth-order valence-electron chi connectivity index (χ4n) is 2.12. The van der Waals surface area contributed by atoms with Crippen LogP contribution >= 0.6 is 39.9 Å². The van der Waals surface area contributed by atoms with Gasteiger partial charge in [0.05, 0.1) is 11.7 Å². The molecule has 4 nitrogen and oxygen atoms in total. The van der Waals surface area contributed by atoms with E-state index in [1.165, 1.54) is 11.8 Å². The molecule has 0 amide bonds. The van der Waals surface area contributed by atoms with Gasteiger partial charge in [0.1, 0.15) is 4.32 Å². The fraction of sp³-hybridized carbons (Fsp3) is 0.167. The Balaban J connectivity index is 1.98. The topological polar surface area (TPSA) is 66.4 Å². The molecule has 2 aromatic carbocycles. The van der Waals surface area contributed by atoms with Crippen LogP contribution in [0, 0.1) is 0 Å². The minimum Gasteiger partial charge on any atom is -0.481 e. The normalized spacial score (nSPS) is 11.6. The van der Waals surface area contributed by atoms with Crippen molar-refractivity contribution < 1.29 is 14.7 Å². The van der Waals surface area contributed by atoms with Crippen molar-refractivity contribution in [2.24, 2.45) is 0 Å². The molecule has 0 heterocycles. The number of benzene rings is 2. The van der Waals surface area contributed by atoms with Crippen LogP contribution in [-0.4, -0.2) is 26.9 Å². The summed E-state index contributed by atoms with van der Waals surface area (Å²) in [5.74, 6) is -1.36. The maximum atomic E-state index is 12.2. The average Bonchev–Trinajstić information content (AvgIpc) is 2.60. The fourth-order valence-corrected chi connectivity index (χ4v) is 3.28. The minimum atomic E-state index is -0.904. The number of carbonyl (C=O) groups excluding carboxylic acids is 1. The van der Waals surface area contributed by atoms with Crippen molar-refractivity contribution in [3.63, 3.8) is 0 Å². The van der Waals surface area contributed by atoms with Gasteiger partial charge in [-0.3, -0.25) is 9.59 Å². The molecule has 0 aliphatic carbocycles. The van der Waals surface area contributed by atoms with Gasteiger partial charge in [0.15, 0.2) is 5.78 Å². The first-order valence-electron chi connectivity index (χ1n) is 7.42. The second-order valence-corrected chi connectivity index (χ2v) is 7.85. The summed E-state index contributed by atoms with van der Waals surface area (Å²) in [5.41, 5.74) is 1.92. The molecule has 0 saturated heterocycles. The SMILES string of the molecule is CC(C(=O)O)c1ccccc1NC(=S)SCC(=O)c1ccc(Br)cc1. The zero-order valence-electron chi connectivity index (χ0n) is 13.4. The number of thioether (sulfide) groups is 1. The lowest BCUT2D eigenvalue weighted by atomic mass is 9.99. The van der Waals surface area contributed by atoms with E-state index in [-0.39, 0.29) is 11.5 Å². The maximum absolute atomic E-state index is 12.2. The molecule has 0 radical (unpaired) electrons. The Labute approximate surface area is 164 Å². The van der Waals surface area contributed by atoms with Gasteiger partial charge in [0.2, 0.25) is 0 Å². The number of thiocarbonyl (C=S) groups is 1. The smallest absolute Gasteiger partial charge is 0.310 e. The van der Waals surface area contributed by atoms with E-state index in [1.54, 1.807) is 43.3 Å². The lowest BCUT2D eigenvalue weighted by Gasteiger charge is -2.15. The van der Waals surface area contributed by atoms with Gasteiger partial charge in [0.25, 0.3) is 0 Å². The van der Waals surface area contributed by atoms with Crippen molar-refractivity contribution in [3.05, 3.63) is 64.1 Å². The van der Waals surface area contributed by atoms with E-state index >= 15 is 0 Å². The van der Waals surface area contributed by atoms with Crippen LogP contribution in [0.1, 0.15) is 28.8 Å². The highest BCUT2D eigenvalue weighted by Gasteiger charge is 2.17. The first-order chi connectivity index (χ1) is 11.9. The molecular weight excluding hydrogens is 422 g/mol. The number of carboxylic acid groups (broad SMARTS) is 1. The van der Waals surface area contributed by atoms with E-state index < -0.39 is 11.9 Å². The Morgan fingerprint density at radius 1 is 1.20 bits per heavy atom. The molecule has 7 heteroatoms. The number of Topliss-reactive ketones (excluding diaryl/α,β-unsaturated/α-hetero) is 1. The van der Waals surface area contributed by atoms with Crippen molar-refractivity contribution in [2.45, 2.75) is 12.8 Å². The molecule has 0 saturated carbocycles. The Kier molecular flexibility index (Phi) is 7.16. The summed E-state index contributed by atoms with van der Waals surface area (Å²) in [6, 6.07) is 14.3. The van der Waals surface area contributed by atoms with Gasteiger partial charge in [-0.05, 0) is 30.7 Å². The number of rotatable bonds is 6. The summed E-state index contributed by atoms with van der Waals surface area (Å²) in [5, 5.41) is 12.2. The quantitative estimate of drug-likeness (QED) is 0.492. The van der Waals surface area contributed by atoms with Gasteiger partial charge in [-0.15, -0.1) is 0 Å². The standard InChI is InChI=1S/C18H16BrNO3S2/c1-11(17(22)23)14-4-2-3-5-15(14)20-18(24)25-10-16(21)12-6-8-13(19)9-7-12/h2-9,11H,10H2,1H3,(H,20,24)(H,22,23). The first kappa shape index (κ1) is 19.6. The van der Waals surface area contributed by atoms with Crippen molar-refractivity contribution >= 4 is 61.7 Å². The summed E-state index contributed by atoms with van der Waals surface area (Å²) in [4.78, 5) is 23.4. The summed E-state index contributed by atoms with van der Waals surface area (Å²) in [6.45, 7) is 1.62. The molecule has 0 spiro atoms. The van der Waals surface area contributed by atoms with Gasteiger partial charge in [-0.25, -0.2) is 0 Å². The van der Waals surface area contributed by atoms with E-state index in [0.717, 1.165) is 4.47 Å². The van der Waals surface area contributed by atoms with E-state index in [1.807, 2.05) is 12.1 Å². The number of halogens is 1. The summed E-state index contributed by atoms with van der Waals surface area (Å²) in [7, 11) is 0. The summed E-state index contributed by atoms with van der Waals surface area (Å²) >= 11 is 9.83. The number of para-hydroxylation sites is 1. The zero-order valence-corrected chi connectivity index (χ0v) is 16.6. The van der Waals surface area contributed by atoms with Crippen LogP contribution in [0.25, 0.3) is 0 Å². The third-order valence-electron chi connectivity index (χ3n) is 3.54. The zero-order chi connectivity index (χ0) is 18.4. The van der Waals surface area contributed by atoms with Gasteiger partial charge >= 0.3 is 5.97 Å². The monoisotopic (exact) mass is 437 g/mol. The van der Waals surface area contributed by atoms with Crippen LogP contribution in [0.4, 0.5) is 5.69 Å². The van der Waals surface area contributed by atoms with Gasteiger partial charge in [0, 0.05) is 15.7 Å². The predicted octanol–water partition coefficient (Wildman–Crippen LogP) is 4.95. The van der Waals surface area contributed by atoms with Crippen LogP contribution in [0.2, 0.25) is 0 Å². The molecule has 0 fully saturated rings. The van der Waals surface area contributed by atoms with Crippen LogP contribution in [-0.2, 0) is 4.79 Å². The van der Waals surface area contributed by atoms with Gasteiger partial charge < -0.3 is 10.4 Å². The number of nitrogens with one attached hydrogen (secondary N) is 1. The molecule has 0 aliphatic rings. The molecule has 2 aromatic rings. The lowest BCUT2D eigenvalue weighted by Crippen LogP contribution is -2.14. The van der Waals surface area contributed by atoms with Crippen molar-refractivity contribution in [3.8, 4) is 0 Å². The highest BCUT2D eigenvalue weighted by molar-refractivity contribution is 9.10. The number of carbonyl (C=O) groups is 2. The Morgan fingerprint density at radius 3 is 2.48 bits per heavy atom.